The lowest BCUT2D eigenvalue weighted by Gasteiger charge is -2.27. The Morgan fingerprint density at radius 1 is 1.22 bits per heavy atom. The quantitative estimate of drug-likeness (QED) is 0.802. The molecule has 1 aromatic carbocycles. The first-order chi connectivity index (χ1) is 10.8. The molecule has 1 aliphatic heterocycles. The number of amides is 1. The van der Waals surface area contributed by atoms with Gasteiger partial charge in [-0.2, -0.15) is 0 Å². The van der Waals surface area contributed by atoms with Crippen LogP contribution in [0, 0.1) is 0 Å². The van der Waals surface area contributed by atoms with E-state index in [2.05, 4.69) is 0 Å². The highest BCUT2D eigenvalue weighted by Crippen LogP contribution is 2.33. The molecular formula is C18H25NO4. The Balaban J connectivity index is 2.19. The molecule has 1 heterocycles. The highest BCUT2D eigenvalue weighted by molar-refractivity contribution is 5.82. The van der Waals surface area contributed by atoms with E-state index in [1.165, 1.54) is 4.90 Å². The van der Waals surface area contributed by atoms with Gasteiger partial charge in [0.15, 0.2) is 0 Å². The van der Waals surface area contributed by atoms with Crippen molar-refractivity contribution < 1.29 is 19.1 Å². The molecule has 2 atom stereocenters. The largest absolute Gasteiger partial charge is 0.464 e. The fourth-order valence-electron chi connectivity index (χ4n) is 2.79. The highest BCUT2D eigenvalue weighted by atomic mass is 16.6. The molecule has 1 aromatic rings. The van der Waals surface area contributed by atoms with Crippen molar-refractivity contribution in [2.45, 2.75) is 51.7 Å². The molecule has 0 aromatic heterocycles. The smallest absolute Gasteiger partial charge is 0.411 e. The molecule has 126 valence electrons. The van der Waals surface area contributed by atoms with E-state index < -0.39 is 17.7 Å². The molecule has 5 nitrogen and oxygen atoms in total. The van der Waals surface area contributed by atoms with Gasteiger partial charge in [0.25, 0.3) is 0 Å². The van der Waals surface area contributed by atoms with Crippen LogP contribution in [0.1, 0.15) is 45.6 Å². The molecule has 23 heavy (non-hydrogen) atoms. The lowest BCUT2D eigenvalue weighted by Crippen LogP contribution is -2.44. The number of likely N-dealkylation sites (tertiary alicyclic amines) is 1. The third-order valence-corrected chi connectivity index (χ3v) is 3.76. The third-order valence-electron chi connectivity index (χ3n) is 3.76. The van der Waals surface area contributed by atoms with Crippen molar-refractivity contribution in [1.82, 2.24) is 4.90 Å². The molecule has 0 unspecified atom stereocenters. The van der Waals surface area contributed by atoms with E-state index in [9.17, 15) is 9.59 Å². The van der Waals surface area contributed by atoms with E-state index in [1.807, 2.05) is 51.1 Å². The second kappa shape index (κ2) is 7.02. The fraction of sp³-hybridized carbons (Fsp3) is 0.556. The Labute approximate surface area is 137 Å². The van der Waals surface area contributed by atoms with E-state index >= 15 is 0 Å². The molecule has 0 aliphatic carbocycles. The minimum atomic E-state index is -0.596. The molecular weight excluding hydrogens is 294 g/mol. The van der Waals surface area contributed by atoms with E-state index in [0.717, 1.165) is 5.56 Å². The van der Waals surface area contributed by atoms with Crippen molar-refractivity contribution >= 4 is 12.1 Å². The average molecular weight is 319 g/mol. The number of ether oxygens (including phenoxy) is 2. The van der Waals surface area contributed by atoms with Crippen molar-refractivity contribution in [1.29, 1.82) is 0 Å². The summed E-state index contributed by atoms with van der Waals surface area (Å²) >= 11 is 0. The standard InChI is InChI=1S/C18H25NO4/c1-5-22-16(20)15-11-14(13-9-7-6-8-10-13)12-19(15)17(21)23-18(2,3)4/h6-10,14-15H,5,11-12H2,1-4H3/t14-,15+/m0/s1. The van der Waals surface area contributed by atoms with Crippen LogP contribution in [0.2, 0.25) is 0 Å². The number of rotatable bonds is 3. The van der Waals surface area contributed by atoms with Crippen molar-refractivity contribution in [2.75, 3.05) is 13.2 Å². The van der Waals surface area contributed by atoms with E-state index in [4.69, 9.17) is 9.47 Å². The minimum absolute atomic E-state index is 0.109. The van der Waals surface area contributed by atoms with Crippen LogP contribution in [0.25, 0.3) is 0 Å². The summed E-state index contributed by atoms with van der Waals surface area (Å²) in [6, 6.07) is 9.33. The minimum Gasteiger partial charge on any atom is -0.464 e. The van der Waals surface area contributed by atoms with Gasteiger partial charge in [0.05, 0.1) is 6.61 Å². The molecule has 5 heteroatoms. The fourth-order valence-corrected chi connectivity index (χ4v) is 2.79. The summed E-state index contributed by atoms with van der Waals surface area (Å²) in [7, 11) is 0. The van der Waals surface area contributed by atoms with Crippen LogP contribution in [0.5, 0.6) is 0 Å². The van der Waals surface area contributed by atoms with Crippen molar-refractivity contribution in [3.8, 4) is 0 Å². The maximum atomic E-state index is 12.5. The van der Waals surface area contributed by atoms with Gasteiger partial charge in [0, 0.05) is 12.5 Å². The molecule has 0 N–H and O–H groups in total. The molecule has 0 saturated carbocycles. The van der Waals surface area contributed by atoms with Crippen LogP contribution in [-0.4, -0.2) is 41.8 Å². The lowest BCUT2D eigenvalue weighted by atomic mass is 9.96. The van der Waals surface area contributed by atoms with Gasteiger partial charge in [-0.25, -0.2) is 9.59 Å². The number of hydrogen-bond acceptors (Lipinski definition) is 4. The zero-order chi connectivity index (χ0) is 17.0. The average Bonchev–Trinajstić information content (AvgIpc) is 2.92. The molecule has 2 rings (SSSR count). The molecule has 0 radical (unpaired) electrons. The summed E-state index contributed by atoms with van der Waals surface area (Å²) in [6.07, 6.45) is 0.0937. The van der Waals surface area contributed by atoms with Crippen LogP contribution >= 0.6 is 0 Å². The van der Waals surface area contributed by atoms with Crippen molar-refractivity contribution in [3.05, 3.63) is 35.9 Å². The predicted molar refractivity (Wildman–Crippen MR) is 87.2 cm³/mol. The van der Waals surface area contributed by atoms with Crippen LogP contribution in [-0.2, 0) is 14.3 Å². The molecule has 1 amide bonds. The number of benzene rings is 1. The topological polar surface area (TPSA) is 55.8 Å². The zero-order valence-corrected chi connectivity index (χ0v) is 14.2. The molecule has 0 bridgehead atoms. The Morgan fingerprint density at radius 2 is 1.87 bits per heavy atom. The van der Waals surface area contributed by atoms with Gasteiger partial charge in [-0.05, 0) is 39.7 Å². The monoisotopic (exact) mass is 319 g/mol. The van der Waals surface area contributed by atoms with Gasteiger partial charge in [-0.3, -0.25) is 4.90 Å². The van der Waals surface area contributed by atoms with Crippen LogP contribution < -0.4 is 0 Å². The maximum absolute atomic E-state index is 12.5. The normalized spacial score (nSPS) is 21.1. The first-order valence-electron chi connectivity index (χ1n) is 8.03. The Morgan fingerprint density at radius 3 is 2.43 bits per heavy atom. The summed E-state index contributed by atoms with van der Waals surface area (Å²) in [4.78, 5) is 26.2. The molecule has 0 spiro atoms. The van der Waals surface area contributed by atoms with Gasteiger partial charge in [-0.15, -0.1) is 0 Å². The Bertz CT molecular complexity index is 550. The van der Waals surface area contributed by atoms with Gasteiger partial charge < -0.3 is 9.47 Å². The van der Waals surface area contributed by atoms with Crippen LogP contribution in [0.3, 0.4) is 0 Å². The van der Waals surface area contributed by atoms with E-state index in [1.54, 1.807) is 6.92 Å². The third kappa shape index (κ3) is 4.47. The summed E-state index contributed by atoms with van der Waals surface area (Å²) in [6.45, 7) is 7.97. The summed E-state index contributed by atoms with van der Waals surface area (Å²) in [5, 5.41) is 0. The lowest BCUT2D eigenvalue weighted by molar-refractivity contribution is -0.148. The second-order valence-electron chi connectivity index (χ2n) is 6.74. The SMILES string of the molecule is CCOC(=O)[C@H]1C[C@H](c2ccccc2)CN1C(=O)OC(C)(C)C. The first kappa shape index (κ1) is 17.3. The van der Waals surface area contributed by atoms with Gasteiger partial charge in [0.1, 0.15) is 11.6 Å². The van der Waals surface area contributed by atoms with Gasteiger partial charge in [-0.1, -0.05) is 30.3 Å². The zero-order valence-electron chi connectivity index (χ0n) is 14.2. The number of hydrogen-bond donors (Lipinski definition) is 0. The summed E-state index contributed by atoms with van der Waals surface area (Å²) in [5.74, 6) is -0.255. The van der Waals surface area contributed by atoms with E-state index in [0.29, 0.717) is 19.6 Å². The van der Waals surface area contributed by atoms with E-state index in [-0.39, 0.29) is 11.9 Å². The van der Waals surface area contributed by atoms with Crippen molar-refractivity contribution in [3.63, 3.8) is 0 Å². The highest BCUT2D eigenvalue weighted by Gasteiger charge is 2.42. The van der Waals surface area contributed by atoms with Crippen molar-refractivity contribution in [2.24, 2.45) is 0 Å². The molecule has 1 fully saturated rings. The first-order valence-corrected chi connectivity index (χ1v) is 8.03. The Kier molecular flexibility index (Phi) is 5.29. The number of carbonyl (C=O) groups excluding carboxylic acids is 2. The molecule has 1 aliphatic rings. The summed E-state index contributed by atoms with van der Waals surface area (Å²) in [5.41, 5.74) is 0.522. The van der Waals surface area contributed by atoms with Gasteiger partial charge >= 0.3 is 12.1 Å². The predicted octanol–water partition coefficient (Wildman–Crippen LogP) is 3.34. The van der Waals surface area contributed by atoms with Crippen LogP contribution in [0.4, 0.5) is 4.79 Å². The number of esters is 1. The second-order valence-corrected chi connectivity index (χ2v) is 6.74. The van der Waals surface area contributed by atoms with Gasteiger partial charge in [0.2, 0.25) is 0 Å². The van der Waals surface area contributed by atoms with Crippen LogP contribution in [0.15, 0.2) is 30.3 Å². The Hall–Kier alpha value is -2.04. The number of carbonyl (C=O) groups is 2. The number of nitrogens with zero attached hydrogens (tertiary/aromatic N) is 1. The summed E-state index contributed by atoms with van der Waals surface area (Å²) < 4.78 is 10.6. The maximum Gasteiger partial charge on any atom is 0.411 e. The molecule has 1 saturated heterocycles.